The summed E-state index contributed by atoms with van der Waals surface area (Å²) >= 11 is 0. The van der Waals surface area contributed by atoms with Crippen molar-refractivity contribution in [2.45, 2.75) is 13.5 Å². The molecule has 1 aromatic carbocycles. The molecule has 104 valence electrons. The second-order valence-corrected chi connectivity index (χ2v) is 4.21. The first-order valence-electron chi connectivity index (χ1n) is 6.17. The molecule has 6 nitrogen and oxygen atoms in total. The van der Waals surface area contributed by atoms with Gasteiger partial charge in [0.2, 0.25) is 0 Å². The summed E-state index contributed by atoms with van der Waals surface area (Å²) in [6, 6.07) is 8.87. The number of nitrogens with one attached hydrogen (secondary N) is 1. The summed E-state index contributed by atoms with van der Waals surface area (Å²) in [4.78, 5) is 12.0. The number of hydrogen-bond acceptors (Lipinski definition) is 4. The SMILES string of the molecule is CCn1nc(-c2cccc(OC)c2)cc(C(=N)N)c1=O. The number of rotatable bonds is 4. The van der Waals surface area contributed by atoms with Crippen molar-refractivity contribution < 1.29 is 4.74 Å². The standard InChI is InChI=1S/C14H16N4O2/c1-3-18-14(19)11(13(15)16)8-12(17-18)9-5-4-6-10(7-9)20-2/h4-8H,3H2,1-2H3,(H3,15,16). The summed E-state index contributed by atoms with van der Waals surface area (Å²) in [6.45, 7) is 2.23. The van der Waals surface area contributed by atoms with Crippen molar-refractivity contribution in [2.75, 3.05) is 7.11 Å². The maximum atomic E-state index is 12.0. The first kappa shape index (κ1) is 13.8. The maximum absolute atomic E-state index is 12.0. The van der Waals surface area contributed by atoms with Crippen molar-refractivity contribution in [3.05, 3.63) is 46.2 Å². The minimum absolute atomic E-state index is 0.152. The Kier molecular flexibility index (Phi) is 3.84. The van der Waals surface area contributed by atoms with Gasteiger partial charge in [-0.25, -0.2) is 4.68 Å². The lowest BCUT2D eigenvalue weighted by molar-refractivity contribution is 0.415. The quantitative estimate of drug-likeness (QED) is 0.646. The molecule has 20 heavy (non-hydrogen) atoms. The third-order valence-corrected chi connectivity index (χ3v) is 2.93. The number of nitrogen functional groups attached to an aromatic ring is 1. The molecule has 0 spiro atoms. The maximum Gasteiger partial charge on any atom is 0.277 e. The molecule has 0 amide bonds. The lowest BCUT2D eigenvalue weighted by atomic mass is 10.1. The Labute approximate surface area is 116 Å². The Morgan fingerprint density at radius 1 is 1.45 bits per heavy atom. The van der Waals surface area contributed by atoms with Gasteiger partial charge in [0.25, 0.3) is 5.56 Å². The minimum atomic E-state index is -0.355. The minimum Gasteiger partial charge on any atom is -0.497 e. The largest absolute Gasteiger partial charge is 0.497 e. The van der Waals surface area contributed by atoms with E-state index in [-0.39, 0.29) is 17.0 Å². The molecule has 0 bridgehead atoms. The number of amidine groups is 1. The zero-order valence-corrected chi connectivity index (χ0v) is 11.4. The lowest BCUT2D eigenvalue weighted by Crippen LogP contribution is -2.31. The third-order valence-electron chi connectivity index (χ3n) is 2.93. The molecule has 0 aliphatic heterocycles. The van der Waals surface area contributed by atoms with E-state index < -0.39 is 0 Å². The fourth-order valence-electron chi connectivity index (χ4n) is 1.87. The van der Waals surface area contributed by atoms with E-state index in [2.05, 4.69) is 5.10 Å². The molecule has 0 aliphatic carbocycles. The van der Waals surface area contributed by atoms with Crippen LogP contribution in [0.2, 0.25) is 0 Å². The van der Waals surface area contributed by atoms with E-state index in [0.717, 1.165) is 5.56 Å². The monoisotopic (exact) mass is 272 g/mol. The average molecular weight is 272 g/mol. The number of hydrogen-bond donors (Lipinski definition) is 2. The van der Waals surface area contributed by atoms with Crippen molar-refractivity contribution in [3.63, 3.8) is 0 Å². The van der Waals surface area contributed by atoms with Gasteiger partial charge in [-0.3, -0.25) is 10.2 Å². The molecule has 0 saturated carbocycles. The lowest BCUT2D eigenvalue weighted by Gasteiger charge is -2.09. The van der Waals surface area contributed by atoms with Crippen molar-refractivity contribution in [3.8, 4) is 17.0 Å². The molecular formula is C14H16N4O2. The average Bonchev–Trinajstić information content (AvgIpc) is 2.47. The van der Waals surface area contributed by atoms with Crippen LogP contribution in [0.25, 0.3) is 11.3 Å². The molecule has 1 heterocycles. The molecule has 0 atom stereocenters. The summed E-state index contributed by atoms with van der Waals surface area (Å²) in [5.74, 6) is 0.437. The van der Waals surface area contributed by atoms with Crippen LogP contribution in [0.5, 0.6) is 5.75 Å². The molecule has 3 N–H and O–H groups in total. The number of nitrogens with two attached hydrogens (primary N) is 1. The predicted molar refractivity (Wildman–Crippen MR) is 77.2 cm³/mol. The van der Waals surface area contributed by atoms with Crippen LogP contribution in [-0.4, -0.2) is 22.7 Å². The predicted octanol–water partition coefficient (Wildman–Crippen LogP) is 1.22. The number of nitrogens with zero attached hydrogens (tertiary/aromatic N) is 2. The van der Waals surface area contributed by atoms with Crippen LogP contribution in [0.3, 0.4) is 0 Å². The van der Waals surface area contributed by atoms with Crippen LogP contribution in [0.1, 0.15) is 12.5 Å². The number of methoxy groups -OCH3 is 1. The molecule has 0 saturated heterocycles. The van der Waals surface area contributed by atoms with Crippen LogP contribution < -0.4 is 16.0 Å². The first-order chi connectivity index (χ1) is 9.56. The summed E-state index contributed by atoms with van der Waals surface area (Å²) in [5, 5.41) is 11.8. The van der Waals surface area contributed by atoms with Crippen molar-refractivity contribution in [1.29, 1.82) is 5.41 Å². The number of aryl methyl sites for hydroxylation is 1. The van der Waals surface area contributed by atoms with Gasteiger partial charge in [0, 0.05) is 12.1 Å². The van der Waals surface area contributed by atoms with E-state index in [4.69, 9.17) is 15.9 Å². The van der Waals surface area contributed by atoms with Gasteiger partial charge in [0.1, 0.15) is 11.6 Å². The van der Waals surface area contributed by atoms with E-state index in [1.165, 1.54) is 10.7 Å². The summed E-state index contributed by atoms with van der Waals surface area (Å²) in [6.07, 6.45) is 0. The van der Waals surface area contributed by atoms with Crippen LogP contribution in [0.15, 0.2) is 35.1 Å². The Morgan fingerprint density at radius 2 is 2.20 bits per heavy atom. The van der Waals surface area contributed by atoms with Crippen LogP contribution in [0, 0.1) is 5.41 Å². The highest BCUT2D eigenvalue weighted by molar-refractivity contribution is 5.95. The van der Waals surface area contributed by atoms with Crippen LogP contribution >= 0.6 is 0 Å². The molecular weight excluding hydrogens is 256 g/mol. The van der Waals surface area contributed by atoms with Crippen molar-refractivity contribution in [1.82, 2.24) is 9.78 Å². The van der Waals surface area contributed by atoms with Gasteiger partial charge in [-0.05, 0) is 25.1 Å². The molecule has 0 radical (unpaired) electrons. The number of aromatic nitrogens is 2. The molecule has 0 unspecified atom stereocenters. The first-order valence-corrected chi connectivity index (χ1v) is 6.17. The summed E-state index contributed by atoms with van der Waals surface area (Å²) in [7, 11) is 1.58. The highest BCUT2D eigenvalue weighted by Gasteiger charge is 2.11. The molecule has 0 fully saturated rings. The van der Waals surface area contributed by atoms with Crippen molar-refractivity contribution >= 4 is 5.84 Å². The fraction of sp³-hybridized carbons (Fsp3) is 0.214. The Morgan fingerprint density at radius 3 is 2.80 bits per heavy atom. The highest BCUT2D eigenvalue weighted by atomic mass is 16.5. The highest BCUT2D eigenvalue weighted by Crippen LogP contribution is 2.21. The Balaban J connectivity index is 2.64. The van der Waals surface area contributed by atoms with Crippen molar-refractivity contribution in [2.24, 2.45) is 5.73 Å². The van der Waals surface area contributed by atoms with Crippen LogP contribution in [0.4, 0.5) is 0 Å². The smallest absolute Gasteiger partial charge is 0.277 e. The molecule has 6 heteroatoms. The van der Waals surface area contributed by atoms with Gasteiger partial charge >= 0.3 is 0 Å². The normalized spacial score (nSPS) is 10.3. The molecule has 2 aromatic rings. The topological polar surface area (TPSA) is 94.0 Å². The second kappa shape index (κ2) is 5.56. The zero-order chi connectivity index (χ0) is 14.7. The molecule has 0 aliphatic rings. The van der Waals surface area contributed by atoms with E-state index in [1.807, 2.05) is 31.2 Å². The van der Waals surface area contributed by atoms with E-state index in [9.17, 15) is 4.79 Å². The number of benzene rings is 1. The third kappa shape index (κ3) is 2.54. The van der Waals surface area contributed by atoms with Gasteiger partial charge in [0.15, 0.2) is 0 Å². The van der Waals surface area contributed by atoms with Gasteiger partial charge in [0.05, 0.1) is 18.4 Å². The van der Waals surface area contributed by atoms with Gasteiger partial charge in [-0.15, -0.1) is 0 Å². The van der Waals surface area contributed by atoms with E-state index >= 15 is 0 Å². The van der Waals surface area contributed by atoms with Gasteiger partial charge < -0.3 is 10.5 Å². The molecule has 2 rings (SSSR count). The number of ether oxygens (including phenoxy) is 1. The molecule has 1 aromatic heterocycles. The zero-order valence-electron chi connectivity index (χ0n) is 11.4. The summed E-state index contributed by atoms with van der Waals surface area (Å²) < 4.78 is 6.47. The Hall–Kier alpha value is -2.63. The van der Waals surface area contributed by atoms with Gasteiger partial charge in [-0.1, -0.05) is 12.1 Å². The van der Waals surface area contributed by atoms with Crippen LogP contribution in [-0.2, 0) is 6.54 Å². The summed E-state index contributed by atoms with van der Waals surface area (Å²) in [5.41, 5.74) is 6.64. The Bertz CT molecular complexity index is 707. The van der Waals surface area contributed by atoms with Gasteiger partial charge in [-0.2, -0.15) is 5.10 Å². The van der Waals surface area contributed by atoms with E-state index in [0.29, 0.717) is 18.0 Å². The fourth-order valence-corrected chi connectivity index (χ4v) is 1.87. The van der Waals surface area contributed by atoms with E-state index in [1.54, 1.807) is 7.11 Å². The second-order valence-electron chi connectivity index (χ2n) is 4.21.